The normalized spacial score (nSPS) is 9.57. The van der Waals surface area contributed by atoms with Crippen molar-refractivity contribution in [2.75, 3.05) is 4.90 Å². The number of hydrogen-bond acceptors (Lipinski definition) is 3. The minimum absolute atomic E-state index is 0.130. The lowest BCUT2D eigenvalue weighted by Crippen LogP contribution is -2.34. The molecule has 0 atom stereocenters. The van der Waals surface area contributed by atoms with Crippen LogP contribution in [0.15, 0.2) is 18.2 Å². The van der Waals surface area contributed by atoms with E-state index in [1.165, 1.54) is 13.0 Å². The largest absolute Gasteiger partial charge is 0.464 e. The molecule has 0 aromatic carbocycles. The molecule has 0 spiro atoms. The van der Waals surface area contributed by atoms with E-state index >= 15 is 0 Å². The minimum Gasteiger partial charge on any atom is -0.464 e. The Hall–Kier alpha value is -1.91. The molecule has 1 N–H and O–H groups in total. The summed E-state index contributed by atoms with van der Waals surface area (Å²) in [6, 6.07) is 4.85. The van der Waals surface area contributed by atoms with Gasteiger partial charge in [-0.05, 0) is 19.1 Å². The van der Waals surface area contributed by atoms with Gasteiger partial charge in [-0.2, -0.15) is 4.90 Å². The van der Waals surface area contributed by atoms with Crippen molar-refractivity contribution in [2.24, 2.45) is 0 Å². The van der Waals surface area contributed by atoms with E-state index in [0.717, 1.165) is 0 Å². The first-order valence-electron chi connectivity index (χ1n) is 3.99. The number of amides is 2. The maximum Gasteiger partial charge on any atom is 0.420 e. The lowest BCUT2D eigenvalue weighted by molar-refractivity contribution is -0.116. The van der Waals surface area contributed by atoms with Gasteiger partial charge in [0.25, 0.3) is 0 Å². The first-order chi connectivity index (χ1) is 6.52. The van der Waals surface area contributed by atoms with Crippen molar-refractivity contribution >= 4 is 17.8 Å². The molecule has 0 bridgehead atoms. The predicted octanol–water partition coefficient (Wildman–Crippen LogP) is 1.42. The molecule has 0 radical (unpaired) electrons. The highest BCUT2D eigenvalue weighted by Gasteiger charge is 2.19. The first-order valence-corrected chi connectivity index (χ1v) is 3.99. The molecule has 5 nitrogen and oxygen atoms in total. The van der Waals surface area contributed by atoms with Crippen molar-refractivity contribution in [3.63, 3.8) is 0 Å². The van der Waals surface area contributed by atoms with Gasteiger partial charge in [0.2, 0.25) is 5.91 Å². The summed E-state index contributed by atoms with van der Waals surface area (Å²) in [5.41, 5.74) is 0.662. The zero-order valence-corrected chi connectivity index (χ0v) is 7.89. The third-order valence-corrected chi connectivity index (χ3v) is 1.61. The molecule has 0 fully saturated rings. The maximum absolute atomic E-state index is 11.0. The van der Waals surface area contributed by atoms with E-state index < -0.39 is 12.0 Å². The molecule has 74 valence electrons. The van der Waals surface area contributed by atoms with Crippen LogP contribution in [0.25, 0.3) is 0 Å². The number of pyridine rings is 1. The molecule has 0 aliphatic carbocycles. The van der Waals surface area contributed by atoms with Crippen LogP contribution in [0.2, 0.25) is 0 Å². The van der Waals surface area contributed by atoms with Crippen molar-refractivity contribution < 1.29 is 14.7 Å². The number of rotatable bonds is 1. The van der Waals surface area contributed by atoms with E-state index in [1.807, 2.05) is 0 Å². The molecule has 1 rings (SSSR count). The van der Waals surface area contributed by atoms with Crippen molar-refractivity contribution in [2.45, 2.75) is 13.8 Å². The number of hydrogen-bond donors (Lipinski definition) is 1. The number of aryl methyl sites for hydroxylation is 1. The van der Waals surface area contributed by atoms with Gasteiger partial charge in [0, 0.05) is 12.6 Å². The molecule has 0 aliphatic heterocycles. The number of carbonyl (C=O) groups is 2. The third-order valence-electron chi connectivity index (χ3n) is 1.61. The number of aromatic nitrogens is 1. The molecule has 1 aromatic rings. The van der Waals surface area contributed by atoms with Crippen molar-refractivity contribution in [1.82, 2.24) is 4.98 Å². The zero-order chi connectivity index (χ0) is 10.7. The van der Waals surface area contributed by atoms with Crippen LogP contribution < -0.4 is 4.90 Å². The van der Waals surface area contributed by atoms with E-state index in [4.69, 9.17) is 5.11 Å². The van der Waals surface area contributed by atoms with Crippen LogP contribution in [-0.4, -0.2) is 22.1 Å². The molecule has 0 saturated heterocycles. The van der Waals surface area contributed by atoms with Crippen LogP contribution in [0.3, 0.4) is 0 Å². The van der Waals surface area contributed by atoms with Gasteiger partial charge in [-0.15, -0.1) is 0 Å². The minimum atomic E-state index is -1.32. The fraction of sp³-hybridized carbons (Fsp3) is 0.222. The van der Waals surface area contributed by atoms with E-state index in [9.17, 15) is 9.59 Å². The second kappa shape index (κ2) is 3.87. The molecule has 0 saturated carbocycles. The lowest BCUT2D eigenvalue weighted by Gasteiger charge is -2.13. The maximum atomic E-state index is 11.0. The van der Waals surface area contributed by atoms with Gasteiger partial charge in [0.1, 0.15) is 5.82 Å². The van der Waals surface area contributed by atoms with Gasteiger partial charge >= 0.3 is 6.09 Å². The fourth-order valence-corrected chi connectivity index (χ4v) is 1.05. The number of nitrogens with zero attached hydrogens (tertiary/aromatic N) is 2. The Kier molecular flexibility index (Phi) is 2.81. The van der Waals surface area contributed by atoms with Gasteiger partial charge in [0.05, 0.1) is 0 Å². The quantitative estimate of drug-likeness (QED) is 0.733. The summed E-state index contributed by atoms with van der Waals surface area (Å²) < 4.78 is 0. The highest BCUT2D eigenvalue weighted by atomic mass is 16.4. The van der Waals surface area contributed by atoms with Crippen LogP contribution in [-0.2, 0) is 4.79 Å². The molecular weight excluding hydrogens is 184 g/mol. The highest BCUT2D eigenvalue weighted by molar-refractivity contribution is 6.09. The second-order valence-corrected chi connectivity index (χ2v) is 2.77. The van der Waals surface area contributed by atoms with Gasteiger partial charge < -0.3 is 5.11 Å². The number of anilines is 1. The molecule has 0 aliphatic rings. The van der Waals surface area contributed by atoms with Crippen molar-refractivity contribution in [3.8, 4) is 0 Å². The molecule has 14 heavy (non-hydrogen) atoms. The van der Waals surface area contributed by atoms with Gasteiger partial charge in [-0.3, -0.25) is 4.79 Å². The molecule has 5 heteroatoms. The number of imide groups is 1. The van der Waals surface area contributed by atoms with E-state index in [0.29, 0.717) is 10.6 Å². The van der Waals surface area contributed by atoms with Crippen molar-refractivity contribution in [3.05, 3.63) is 23.9 Å². The van der Waals surface area contributed by atoms with Gasteiger partial charge in [0.15, 0.2) is 0 Å². The second-order valence-electron chi connectivity index (χ2n) is 2.77. The summed E-state index contributed by atoms with van der Waals surface area (Å²) in [5, 5.41) is 8.75. The average Bonchev–Trinajstić information content (AvgIpc) is 2.02. The SMILES string of the molecule is CC(=O)N(C(=O)O)c1cccc(C)n1. The number of carboxylic acid groups (broad SMARTS) is 1. The summed E-state index contributed by atoms with van der Waals surface area (Å²) >= 11 is 0. The fourth-order valence-electron chi connectivity index (χ4n) is 1.05. The molecule has 1 aromatic heterocycles. The Balaban J connectivity index is 3.12. The number of carbonyl (C=O) groups excluding carboxylic acids is 1. The monoisotopic (exact) mass is 194 g/mol. The van der Waals surface area contributed by atoms with Crippen LogP contribution in [0.4, 0.5) is 10.6 Å². The lowest BCUT2D eigenvalue weighted by atomic mass is 10.3. The Morgan fingerprint density at radius 2 is 2.07 bits per heavy atom. The van der Waals surface area contributed by atoms with E-state index in [2.05, 4.69) is 4.98 Å². The molecular formula is C9H10N2O3. The zero-order valence-electron chi connectivity index (χ0n) is 7.89. The molecule has 0 unspecified atom stereocenters. The van der Waals surface area contributed by atoms with Gasteiger partial charge in [-0.1, -0.05) is 6.07 Å². The standard InChI is InChI=1S/C9H10N2O3/c1-6-4-3-5-8(10-6)11(7(2)12)9(13)14/h3-5H,1-2H3,(H,13,14). The van der Waals surface area contributed by atoms with Crippen molar-refractivity contribution in [1.29, 1.82) is 0 Å². The highest BCUT2D eigenvalue weighted by Crippen LogP contribution is 2.11. The predicted molar refractivity (Wildman–Crippen MR) is 50.2 cm³/mol. The Morgan fingerprint density at radius 3 is 2.50 bits per heavy atom. The summed E-state index contributed by atoms with van der Waals surface area (Å²) in [7, 11) is 0. The Labute approximate surface area is 81.0 Å². The summed E-state index contributed by atoms with van der Waals surface area (Å²) in [5.74, 6) is -0.444. The summed E-state index contributed by atoms with van der Waals surface area (Å²) in [6.45, 7) is 2.90. The van der Waals surface area contributed by atoms with Crippen LogP contribution >= 0.6 is 0 Å². The first kappa shape index (κ1) is 10.2. The van der Waals surface area contributed by atoms with E-state index in [-0.39, 0.29) is 5.82 Å². The smallest absolute Gasteiger partial charge is 0.420 e. The van der Waals surface area contributed by atoms with Crippen LogP contribution in [0.5, 0.6) is 0 Å². The molecule has 2 amide bonds. The molecule has 1 heterocycles. The van der Waals surface area contributed by atoms with Crippen LogP contribution in [0, 0.1) is 6.92 Å². The Morgan fingerprint density at radius 1 is 1.43 bits per heavy atom. The van der Waals surface area contributed by atoms with E-state index in [1.54, 1.807) is 19.1 Å². The average molecular weight is 194 g/mol. The summed E-state index contributed by atoms with van der Waals surface area (Å²) in [6.07, 6.45) is -1.32. The summed E-state index contributed by atoms with van der Waals surface area (Å²) in [4.78, 5) is 26.3. The van der Waals surface area contributed by atoms with Gasteiger partial charge in [-0.25, -0.2) is 9.78 Å². The van der Waals surface area contributed by atoms with Crippen LogP contribution in [0.1, 0.15) is 12.6 Å². The topological polar surface area (TPSA) is 70.5 Å². The Bertz CT molecular complexity index is 362. The third kappa shape index (κ3) is 2.07.